The van der Waals surface area contributed by atoms with Crippen LogP contribution in [0.4, 0.5) is 0 Å². The highest BCUT2D eigenvalue weighted by atomic mass is 16.6. The van der Waals surface area contributed by atoms with Crippen molar-refractivity contribution in [3.63, 3.8) is 0 Å². The maximum Gasteiger partial charge on any atom is 0.306 e. The number of esters is 3. The van der Waals surface area contributed by atoms with E-state index in [0.29, 0.717) is 19.3 Å². The standard InChI is InChI=1S/C65H120O6/c1-4-7-10-13-16-19-21-23-25-27-28-29-30-31-32-33-34-35-36-38-39-41-43-46-49-52-55-58-64(67)70-61-62(60-69-63(66)57-54-51-48-45-18-15-12-9-6-3)71-65(68)59-56-53-50-47-44-42-40-37-26-24-22-20-17-14-11-8-5-2/h21,23-24,26-28,62H,4-20,22,25,29-61H2,1-3H3/b23-21-,26-24-,28-27-. The molecule has 0 bridgehead atoms. The van der Waals surface area contributed by atoms with Gasteiger partial charge < -0.3 is 14.2 Å². The van der Waals surface area contributed by atoms with Crippen LogP contribution in [0.15, 0.2) is 36.5 Å². The van der Waals surface area contributed by atoms with Gasteiger partial charge in [0.25, 0.3) is 0 Å². The van der Waals surface area contributed by atoms with Gasteiger partial charge in [-0.3, -0.25) is 14.4 Å². The molecule has 0 aliphatic carbocycles. The van der Waals surface area contributed by atoms with Gasteiger partial charge in [-0.25, -0.2) is 0 Å². The van der Waals surface area contributed by atoms with Crippen molar-refractivity contribution in [1.29, 1.82) is 0 Å². The Morgan fingerprint density at radius 3 is 0.789 bits per heavy atom. The fraction of sp³-hybridized carbons (Fsp3) is 0.862. The molecule has 0 saturated heterocycles. The lowest BCUT2D eigenvalue weighted by molar-refractivity contribution is -0.167. The van der Waals surface area contributed by atoms with Crippen LogP contribution < -0.4 is 0 Å². The minimum absolute atomic E-state index is 0.0696. The summed E-state index contributed by atoms with van der Waals surface area (Å²) < 4.78 is 16.9. The van der Waals surface area contributed by atoms with E-state index >= 15 is 0 Å². The van der Waals surface area contributed by atoms with Crippen molar-refractivity contribution in [3.8, 4) is 0 Å². The fourth-order valence-electron chi connectivity index (χ4n) is 9.35. The van der Waals surface area contributed by atoms with E-state index in [9.17, 15) is 14.4 Å². The van der Waals surface area contributed by atoms with Crippen LogP contribution in [0.5, 0.6) is 0 Å². The molecule has 0 aliphatic heterocycles. The highest BCUT2D eigenvalue weighted by Crippen LogP contribution is 2.17. The first-order valence-corrected chi connectivity index (χ1v) is 31.5. The second-order valence-corrected chi connectivity index (χ2v) is 21.3. The Hall–Kier alpha value is -2.37. The largest absolute Gasteiger partial charge is 0.462 e. The van der Waals surface area contributed by atoms with Gasteiger partial charge in [0.1, 0.15) is 13.2 Å². The molecule has 0 aliphatic rings. The predicted octanol–water partition coefficient (Wildman–Crippen LogP) is 21.2. The molecular formula is C65H120O6. The molecule has 1 atom stereocenters. The Kier molecular flexibility index (Phi) is 58.2. The molecular weight excluding hydrogens is 877 g/mol. The number of hydrogen-bond acceptors (Lipinski definition) is 6. The van der Waals surface area contributed by atoms with Crippen molar-refractivity contribution >= 4 is 17.9 Å². The van der Waals surface area contributed by atoms with Gasteiger partial charge in [0, 0.05) is 19.3 Å². The van der Waals surface area contributed by atoms with E-state index in [-0.39, 0.29) is 31.1 Å². The van der Waals surface area contributed by atoms with Crippen molar-refractivity contribution in [1.82, 2.24) is 0 Å². The minimum Gasteiger partial charge on any atom is -0.462 e. The van der Waals surface area contributed by atoms with Crippen LogP contribution >= 0.6 is 0 Å². The smallest absolute Gasteiger partial charge is 0.306 e. The van der Waals surface area contributed by atoms with Crippen molar-refractivity contribution in [3.05, 3.63) is 36.5 Å². The molecule has 0 heterocycles. The molecule has 0 fully saturated rings. The zero-order valence-electron chi connectivity index (χ0n) is 47.8. The van der Waals surface area contributed by atoms with Gasteiger partial charge in [-0.05, 0) is 77.0 Å². The summed E-state index contributed by atoms with van der Waals surface area (Å²) in [5, 5.41) is 0. The van der Waals surface area contributed by atoms with Crippen molar-refractivity contribution in [2.75, 3.05) is 13.2 Å². The summed E-state index contributed by atoms with van der Waals surface area (Å²) in [6.07, 6.45) is 73.1. The topological polar surface area (TPSA) is 78.9 Å². The van der Waals surface area contributed by atoms with Gasteiger partial charge in [0.15, 0.2) is 6.10 Å². The van der Waals surface area contributed by atoms with Gasteiger partial charge >= 0.3 is 17.9 Å². The molecule has 0 radical (unpaired) electrons. The van der Waals surface area contributed by atoms with Crippen LogP contribution in [0, 0.1) is 0 Å². The van der Waals surface area contributed by atoms with E-state index in [2.05, 4.69) is 57.2 Å². The number of carbonyl (C=O) groups excluding carboxylic acids is 3. The normalized spacial score (nSPS) is 12.2. The van der Waals surface area contributed by atoms with Crippen molar-refractivity contribution < 1.29 is 28.6 Å². The summed E-state index contributed by atoms with van der Waals surface area (Å²) in [4.78, 5) is 38.1. The summed E-state index contributed by atoms with van der Waals surface area (Å²) in [7, 11) is 0. The maximum atomic E-state index is 12.8. The van der Waals surface area contributed by atoms with Gasteiger partial charge in [0.2, 0.25) is 0 Å². The third-order valence-electron chi connectivity index (χ3n) is 14.1. The van der Waals surface area contributed by atoms with Crippen LogP contribution in [0.3, 0.4) is 0 Å². The monoisotopic (exact) mass is 997 g/mol. The number of rotatable bonds is 58. The number of carbonyl (C=O) groups is 3. The third kappa shape index (κ3) is 58.4. The summed E-state index contributed by atoms with van der Waals surface area (Å²) >= 11 is 0. The Morgan fingerprint density at radius 1 is 0.282 bits per heavy atom. The first-order chi connectivity index (χ1) is 35.0. The average molecular weight is 998 g/mol. The number of allylic oxidation sites excluding steroid dienone is 6. The van der Waals surface area contributed by atoms with E-state index in [0.717, 1.165) is 64.2 Å². The van der Waals surface area contributed by atoms with E-state index in [4.69, 9.17) is 14.2 Å². The molecule has 416 valence electrons. The SMILES string of the molecule is CCCCCCC/C=C\C/C=C\CCCCCCCCCCCCCCCCCC(=O)OCC(COC(=O)CCCCCCCCCCC)OC(=O)CCCCCCCCC/C=C\CCCCCCCC. The summed E-state index contributed by atoms with van der Waals surface area (Å²) in [5.74, 6) is -0.857. The highest BCUT2D eigenvalue weighted by Gasteiger charge is 2.19. The van der Waals surface area contributed by atoms with Crippen molar-refractivity contribution in [2.24, 2.45) is 0 Å². The van der Waals surface area contributed by atoms with E-state index in [1.165, 1.54) is 238 Å². The zero-order chi connectivity index (χ0) is 51.4. The Morgan fingerprint density at radius 2 is 0.507 bits per heavy atom. The molecule has 0 N–H and O–H groups in total. The second kappa shape index (κ2) is 60.2. The second-order valence-electron chi connectivity index (χ2n) is 21.3. The summed E-state index contributed by atoms with van der Waals surface area (Å²) in [5.41, 5.74) is 0. The van der Waals surface area contributed by atoms with Crippen LogP contribution in [-0.2, 0) is 28.6 Å². The summed E-state index contributed by atoms with van der Waals surface area (Å²) in [6, 6.07) is 0. The molecule has 0 rings (SSSR count). The summed E-state index contributed by atoms with van der Waals surface area (Å²) in [6.45, 7) is 6.65. The van der Waals surface area contributed by atoms with Gasteiger partial charge in [-0.1, -0.05) is 282 Å². The molecule has 0 aromatic heterocycles. The highest BCUT2D eigenvalue weighted by molar-refractivity contribution is 5.71. The molecule has 0 aromatic rings. The van der Waals surface area contributed by atoms with Crippen molar-refractivity contribution in [2.45, 2.75) is 348 Å². The quantitative estimate of drug-likeness (QED) is 0.0261. The minimum atomic E-state index is -0.770. The molecule has 0 amide bonds. The van der Waals surface area contributed by atoms with E-state index < -0.39 is 6.10 Å². The first-order valence-electron chi connectivity index (χ1n) is 31.5. The lowest BCUT2D eigenvalue weighted by atomic mass is 10.0. The lowest BCUT2D eigenvalue weighted by Gasteiger charge is -2.18. The van der Waals surface area contributed by atoms with Crippen LogP contribution in [0.25, 0.3) is 0 Å². The zero-order valence-corrected chi connectivity index (χ0v) is 47.8. The van der Waals surface area contributed by atoms with Gasteiger partial charge in [-0.15, -0.1) is 0 Å². The van der Waals surface area contributed by atoms with Gasteiger partial charge in [0.05, 0.1) is 0 Å². The van der Waals surface area contributed by atoms with Crippen LogP contribution in [0.1, 0.15) is 342 Å². The third-order valence-corrected chi connectivity index (χ3v) is 14.1. The lowest BCUT2D eigenvalue weighted by Crippen LogP contribution is -2.30. The van der Waals surface area contributed by atoms with Gasteiger partial charge in [-0.2, -0.15) is 0 Å². The Balaban J connectivity index is 4.14. The molecule has 1 unspecified atom stereocenters. The Labute approximate surface area is 442 Å². The van der Waals surface area contributed by atoms with E-state index in [1.807, 2.05) is 0 Å². The molecule has 6 nitrogen and oxygen atoms in total. The van der Waals surface area contributed by atoms with Crippen LogP contribution in [-0.4, -0.2) is 37.2 Å². The first kappa shape index (κ1) is 68.6. The van der Waals surface area contributed by atoms with Crippen LogP contribution in [0.2, 0.25) is 0 Å². The Bertz CT molecular complexity index is 1190. The number of ether oxygens (including phenoxy) is 3. The molecule has 0 saturated carbocycles. The molecule has 71 heavy (non-hydrogen) atoms. The maximum absolute atomic E-state index is 12.8. The average Bonchev–Trinajstić information content (AvgIpc) is 3.37. The number of hydrogen-bond donors (Lipinski definition) is 0. The predicted molar refractivity (Wildman–Crippen MR) is 307 cm³/mol. The molecule has 0 aromatic carbocycles. The molecule has 6 heteroatoms. The molecule has 0 spiro atoms. The number of unbranched alkanes of at least 4 members (excludes halogenated alkanes) is 41. The van der Waals surface area contributed by atoms with E-state index in [1.54, 1.807) is 0 Å². The fourth-order valence-corrected chi connectivity index (χ4v) is 9.35.